The molecule has 1 amide bonds. The van der Waals surface area contributed by atoms with Crippen molar-refractivity contribution in [2.24, 2.45) is 0 Å². The fourth-order valence-corrected chi connectivity index (χ4v) is 3.53. The van der Waals surface area contributed by atoms with E-state index >= 15 is 0 Å². The Morgan fingerprint density at radius 2 is 1.74 bits per heavy atom. The van der Waals surface area contributed by atoms with Crippen molar-refractivity contribution in [3.05, 3.63) is 78.1 Å². The van der Waals surface area contributed by atoms with Gasteiger partial charge in [0.05, 0.1) is 26.1 Å². The summed E-state index contributed by atoms with van der Waals surface area (Å²) >= 11 is 0. The number of ether oxygens (including phenoxy) is 3. The lowest BCUT2D eigenvalue weighted by atomic mass is 10.1. The van der Waals surface area contributed by atoms with E-state index in [0.717, 1.165) is 22.6 Å². The molecule has 0 spiro atoms. The number of furan rings is 1. The largest absolute Gasteiger partial charge is 0.493 e. The number of para-hydroxylation sites is 1. The Balaban J connectivity index is 1.59. The van der Waals surface area contributed by atoms with Gasteiger partial charge >= 0.3 is 5.97 Å². The van der Waals surface area contributed by atoms with Gasteiger partial charge in [0.2, 0.25) is 0 Å². The van der Waals surface area contributed by atoms with Crippen molar-refractivity contribution in [2.75, 3.05) is 26.4 Å². The third-order valence-electron chi connectivity index (χ3n) is 5.35. The Morgan fingerprint density at radius 3 is 2.43 bits per heavy atom. The average molecular weight is 480 g/mol. The molecule has 7 heteroatoms. The van der Waals surface area contributed by atoms with E-state index in [2.05, 4.69) is 0 Å². The molecule has 1 aromatic heterocycles. The van der Waals surface area contributed by atoms with E-state index in [-0.39, 0.29) is 24.5 Å². The SMILES string of the molecule is CCOC(=O)COCCCOc1ccccc1CN(C(=O)c1ccc(-c2ccco2)cc1)C(C)C. The van der Waals surface area contributed by atoms with Crippen molar-refractivity contribution in [3.8, 4) is 17.1 Å². The van der Waals surface area contributed by atoms with Crippen LogP contribution in [0.3, 0.4) is 0 Å². The Morgan fingerprint density at radius 1 is 0.971 bits per heavy atom. The van der Waals surface area contributed by atoms with Crippen LogP contribution in [0, 0.1) is 0 Å². The molecule has 0 aliphatic heterocycles. The first-order valence-electron chi connectivity index (χ1n) is 11.9. The molecule has 0 bridgehead atoms. The van der Waals surface area contributed by atoms with E-state index in [0.29, 0.717) is 38.3 Å². The molecule has 35 heavy (non-hydrogen) atoms. The maximum atomic E-state index is 13.3. The number of amides is 1. The molecular weight excluding hydrogens is 446 g/mol. The lowest BCUT2D eigenvalue weighted by molar-refractivity contribution is -0.148. The molecule has 1 heterocycles. The monoisotopic (exact) mass is 479 g/mol. The van der Waals surface area contributed by atoms with E-state index in [4.69, 9.17) is 18.6 Å². The molecule has 2 aromatic carbocycles. The molecule has 7 nitrogen and oxygen atoms in total. The number of carbonyl (C=O) groups is 2. The van der Waals surface area contributed by atoms with Gasteiger partial charge in [-0.25, -0.2) is 4.79 Å². The van der Waals surface area contributed by atoms with Crippen LogP contribution >= 0.6 is 0 Å². The number of hydrogen-bond acceptors (Lipinski definition) is 6. The van der Waals surface area contributed by atoms with Crippen LogP contribution in [0.2, 0.25) is 0 Å². The lowest BCUT2D eigenvalue weighted by Crippen LogP contribution is -2.36. The van der Waals surface area contributed by atoms with Gasteiger partial charge in [0.25, 0.3) is 5.91 Å². The first-order chi connectivity index (χ1) is 17.0. The highest BCUT2D eigenvalue weighted by atomic mass is 16.6. The van der Waals surface area contributed by atoms with E-state index in [9.17, 15) is 9.59 Å². The summed E-state index contributed by atoms with van der Waals surface area (Å²) in [6.07, 6.45) is 2.26. The fraction of sp³-hybridized carbons (Fsp3) is 0.357. The molecule has 186 valence electrons. The van der Waals surface area contributed by atoms with Crippen LogP contribution in [0.4, 0.5) is 0 Å². The second kappa shape index (κ2) is 13.3. The zero-order chi connectivity index (χ0) is 25.0. The summed E-state index contributed by atoms with van der Waals surface area (Å²) in [6.45, 7) is 7.29. The number of nitrogens with zero attached hydrogens (tertiary/aromatic N) is 1. The van der Waals surface area contributed by atoms with Gasteiger partial charge in [0.1, 0.15) is 18.1 Å². The molecule has 0 N–H and O–H groups in total. The Bertz CT molecular complexity index is 1060. The highest BCUT2D eigenvalue weighted by Crippen LogP contribution is 2.24. The van der Waals surface area contributed by atoms with Crippen molar-refractivity contribution < 1.29 is 28.2 Å². The molecule has 0 radical (unpaired) electrons. The van der Waals surface area contributed by atoms with Gasteiger partial charge in [-0.2, -0.15) is 0 Å². The summed E-state index contributed by atoms with van der Waals surface area (Å²) in [4.78, 5) is 26.5. The first kappa shape index (κ1) is 26.0. The highest BCUT2D eigenvalue weighted by Gasteiger charge is 2.21. The predicted molar refractivity (Wildman–Crippen MR) is 133 cm³/mol. The van der Waals surface area contributed by atoms with Gasteiger partial charge in [-0.3, -0.25) is 4.79 Å². The van der Waals surface area contributed by atoms with Crippen LogP contribution in [0.1, 0.15) is 43.1 Å². The van der Waals surface area contributed by atoms with Crippen LogP contribution in [0.5, 0.6) is 5.75 Å². The third-order valence-corrected chi connectivity index (χ3v) is 5.35. The zero-order valence-corrected chi connectivity index (χ0v) is 20.6. The van der Waals surface area contributed by atoms with Crippen molar-refractivity contribution >= 4 is 11.9 Å². The normalized spacial score (nSPS) is 10.9. The molecule has 0 aliphatic carbocycles. The Kier molecular flexibility index (Phi) is 9.93. The quantitative estimate of drug-likeness (QED) is 0.243. The number of hydrogen-bond donors (Lipinski definition) is 0. The summed E-state index contributed by atoms with van der Waals surface area (Å²) in [5.41, 5.74) is 2.47. The minimum Gasteiger partial charge on any atom is -0.493 e. The van der Waals surface area contributed by atoms with Gasteiger partial charge < -0.3 is 23.5 Å². The molecule has 0 saturated heterocycles. The molecule has 0 aliphatic rings. The number of esters is 1. The maximum Gasteiger partial charge on any atom is 0.332 e. The molecule has 0 unspecified atom stereocenters. The summed E-state index contributed by atoms with van der Waals surface area (Å²) in [6, 6.07) is 18.9. The molecule has 0 saturated carbocycles. The summed E-state index contributed by atoms with van der Waals surface area (Å²) in [5, 5.41) is 0. The summed E-state index contributed by atoms with van der Waals surface area (Å²) in [5.74, 6) is 1.08. The van der Waals surface area contributed by atoms with Gasteiger partial charge in [-0.1, -0.05) is 30.3 Å². The van der Waals surface area contributed by atoms with Crippen molar-refractivity contribution in [3.63, 3.8) is 0 Å². The fourth-order valence-electron chi connectivity index (χ4n) is 3.53. The van der Waals surface area contributed by atoms with E-state index in [1.54, 1.807) is 13.2 Å². The van der Waals surface area contributed by atoms with Gasteiger partial charge in [-0.05, 0) is 51.1 Å². The second-order valence-corrected chi connectivity index (χ2v) is 8.25. The molecule has 3 rings (SSSR count). The summed E-state index contributed by atoms with van der Waals surface area (Å²) < 4.78 is 21.5. The molecule has 0 fully saturated rings. The van der Waals surface area contributed by atoms with Gasteiger partial charge in [-0.15, -0.1) is 0 Å². The number of carbonyl (C=O) groups excluding carboxylic acids is 2. The van der Waals surface area contributed by atoms with Crippen LogP contribution in [0.15, 0.2) is 71.3 Å². The molecule has 3 aromatic rings. The predicted octanol–water partition coefficient (Wildman–Crippen LogP) is 5.35. The van der Waals surface area contributed by atoms with Crippen molar-refractivity contribution in [1.29, 1.82) is 0 Å². The zero-order valence-electron chi connectivity index (χ0n) is 20.6. The van der Waals surface area contributed by atoms with Crippen LogP contribution in [-0.4, -0.2) is 49.2 Å². The topological polar surface area (TPSA) is 78.2 Å². The maximum absolute atomic E-state index is 13.3. The smallest absolute Gasteiger partial charge is 0.332 e. The van der Waals surface area contributed by atoms with Crippen molar-refractivity contribution in [2.45, 2.75) is 39.8 Å². The van der Waals surface area contributed by atoms with Crippen LogP contribution in [-0.2, 0) is 20.8 Å². The minimum atomic E-state index is -0.368. The Hall–Kier alpha value is -3.58. The van der Waals surface area contributed by atoms with E-state index in [1.165, 1.54) is 0 Å². The van der Waals surface area contributed by atoms with E-state index in [1.807, 2.05) is 79.4 Å². The number of rotatable bonds is 13. The first-order valence-corrected chi connectivity index (χ1v) is 11.9. The molecule has 0 atom stereocenters. The minimum absolute atomic E-state index is 0.00316. The van der Waals surface area contributed by atoms with Crippen LogP contribution in [0.25, 0.3) is 11.3 Å². The second-order valence-electron chi connectivity index (χ2n) is 8.25. The van der Waals surface area contributed by atoms with E-state index < -0.39 is 0 Å². The van der Waals surface area contributed by atoms with Gasteiger partial charge in [0.15, 0.2) is 0 Å². The summed E-state index contributed by atoms with van der Waals surface area (Å²) in [7, 11) is 0. The standard InChI is InChI=1S/C28H33NO6/c1-4-33-27(30)20-32-16-8-18-35-26-10-6-5-9-24(26)19-29(21(2)3)28(31)23-14-12-22(13-15-23)25-11-7-17-34-25/h5-7,9-15,17,21H,4,8,16,18-20H2,1-3H3. The average Bonchev–Trinajstić information content (AvgIpc) is 3.40. The number of benzene rings is 2. The molecular formula is C28H33NO6. The van der Waals surface area contributed by atoms with Crippen molar-refractivity contribution in [1.82, 2.24) is 4.90 Å². The third kappa shape index (κ3) is 7.72. The Labute approximate surface area is 206 Å². The van der Waals surface area contributed by atoms with Crippen LogP contribution < -0.4 is 4.74 Å². The lowest BCUT2D eigenvalue weighted by Gasteiger charge is -2.28. The highest BCUT2D eigenvalue weighted by molar-refractivity contribution is 5.94. The van der Waals surface area contributed by atoms with Gasteiger partial charge in [0, 0.05) is 35.7 Å².